The lowest BCUT2D eigenvalue weighted by Crippen LogP contribution is -2.71. The van der Waals surface area contributed by atoms with E-state index in [9.17, 15) is 9.59 Å². The number of rotatable bonds is 20. The van der Waals surface area contributed by atoms with Gasteiger partial charge in [-0.1, -0.05) is 211 Å². The van der Waals surface area contributed by atoms with Crippen LogP contribution in [-0.4, -0.2) is 77.9 Å². The van der Waals surface area contributed by atoms with Gasteiger partial charge in [0.1, 0.15) is 40.7 Å². The number of methoxy groups -OCH3 is 1. The van der Waals surface area contributed by atoms with Crippen LogP contribution in [0, 0.1) is 6.92 Å². The Hall–Kier alpha value is -9.45. The van der Waals surface area contributed by atoms with Gasteiger partial charge in [-0.3, -0.25) is 14.5 Å². The Bertz CT molecular complexity index is 3500. The smallest absolute Gasteiger partial charge is 0.355 e. The van der Waals surface area contributed by atoms with Gasteiger partial charge < -0.3 is 24.9 Å². The van der Waals surface area contributed by atoms with E-state index in [1.165, 1.54) is 32.8 Å². The number of esters is 1. The molecule has 0 bridgehead atoms. The third kappa shape index (κ3) is 10.6. The lowest BCUT2D eigenvalue weighted by molar-refractivity contribution is -0.153. The van der Waals surface area contributed by atoms with Gasteiger partial charge in [0.2, 0.25) is 5.60 Å². The molecule has 398 valence electrons. The molecule has 1 fully saturated rings. The quantitative estimate of drug-likeness (QED) is 0.0243. The van der Waals surface area contributed by atoms with E-state index in [1.54, 1.807) is 55.8 Å². The number of nitrogens with zero attached hydrogens (tertiary/aromatic N) is 7. The van der Waals surface area contributed by atoms with Crippen LogP contribution in [0.2, 0.25) is 0 Å². The minimum atomic E-state index is -1.38. The van der Waals surface area contributed by atoms with Gasteiger partial charge in [0.05, 0.1) is 13.7 Å². The summed E-state index contributed by atoms with van der Waals surface area (Å²) in [6, 6.07) is 65.6. The number of tetrazole rings is 1. The maximum Gasteiger partial charge on any atom is 0.355 e. The summed E-state index contributed by atoms with van der Waals surface area (Å²) in [7, 11) is 1.58. The predicted molar refractivity (Wildman–Crippen MR) is 308 cm³/mol. The average molecular weight is 1100 g/mol. The predicted octanol–water partition coefficient (Wildman–Crippen LogP) is 10.2. The second-order valence-corrected chi connectivity index (χ2v) is 20.7. The summed E-state index contributed by atoms with van der Waals surface area (Å²) in [6.45, 7) is 1.95. The van der Waals surface area contributed by atoms with Gasteiger partial charge in [0.25, 0.3) is 11.8 Å². The van der Waals surface area contributed by atoms with Crippen LogP contribution in [-0.2, 0) is 48.2 Å². The molecule has 11 rings (SSSR count). The van der Waals surface area contributed by atoms with Crippen LogP contribution in [0.4, 0.5) is 5.13 Å². The third-order valence-electron chi connectivity index (χ3n) is 13.8. The zero-order chi connectivity index (χ0) is 54.9. The van der Waals surface area contributed by atoms with Crippen molar-refractivity contribution in [1.29, 1.82) is 0 Å². The first-order valence-corrected chi connectivity index (χ1v) is 27.7. The van der Waals surface area contributed by atoms with Crippen LogP contribution in [0.15, 0.2) is 240 Å². The fourth-order valence-electron chi connectivity index (χ4n) is 9.98. The van der Waals surface area contributed by atoms with Gasteiger partial charge in [0, 0.05) is 27.8 Å². The summed E-state index contributed by atoms with van der Waals surface area (Å²) in [6.07, 6.45) is 3.56. The van der Waals surface area contributed by atoms with E-state index in [0.29, 0.717) is 28.0 Å². The molecule has 1 unspecified atom stereocenters. The molecule has 80 heavy (non-hydrogen) atoms. The lowest BCUT2D eigenvalue weighted by atomic mass is 9.77. The molecule has 2 amide bonds. The number of carbonyl (C=O) groups is 3. The summed E-state index contributed by atoms with van der Waals surface area (Å²) in [5.74, 6) is -0.464. The second-order valence-electron chi connectivity index (χ2n) is 18.8. The molecule has 17 heteroatoms. The highest BCUT2D eigenvalue weighted by atomic mass is 32.2. The van der Waals surface area contributed by atoms with E-state index in [-0.39, 0.29) is 30.3 Å². The molecule has 0 aliphatic carbocycles. The number of thioether (sulfide) groups is 1. The lowest BCUT2D eigenvalue weighted by Gasteiger charge is -2.49. The van der Waals surface area contributed by atoms with Crippen molar-refractivity contribution < 1.29 is 28.7 Å². The summed E-state index contributed by atoms with van der Waals surface area (Å²) >= 11 is 2.70. The van der Waals surface area contributed by atoms with Crippen LogP contribution >= 0.6 is 23.1 Å². The molecule has 0 spiro atoms. The van der Waals surface area contributed by atoms with Crippen molar-refractivity contribution in [1.82, 2.24) is 35.4 Å². The molecule has 2 N–H and O–H groups in total. The molecule has 2 aromatic heterocycles. The van der Waals surface area contributed by atoms with Crippen molar-refractivity contribution in [3.05, 3.63) is 286 Å². The summed E-state index contributed by atoms with van der Waals surface area (Å²) < 4.78 is 11.2. The largest absolute Gasteiger partial charge is 0.497 e. The Morgan fingerprint density at radius 1 is 0.725 bits per heavy atom. The van der Waals surface area contributed by atoms with Gasteiger partial charge in [-0.25, -0.2) is 9.78 Å². The number of aryl methyl sites for hydroxylation is 1. The van der Waals surface area contributed by atoms with Crippen molar-refractivity contribution in [3.8, 4) is 5.75 Å². The molecule has 1 saturated heterocycles. The summed E-state index contributed by atoms with van der Waals surface area (Å²) in [5.41, 5.74) is 4.15. The first kappa shape index (κ1) is 52.6. The van der Waals surface area contributed by atoms with Gasteiger partial charge in [-0.15, -0.1) is 33.3 Å². The fraction of sp³-hybridized carbons (Fsp3) is 0.143. The number of hydrogen-bond donors (Lipinski definition) is 2. The Labute approximate surface area is 470 Å². The number of fused-ring (bicyclic) bond motifs is 1. The molecular weight excluding hydrogens is 1040 g/mol. The zero-order valence-electron chi connectivity index (χ0n) is 43.5. The first-order valence-electron chi connectivity index (χ1n) is 25.8. The molecule has 2 aliphatic heterocycles. The molecule has 2 atom stereocenters. The number of aromatic nitrogens is 5. The molecule has 7 aromatic carbocycles. The van der Waals surface area contributed by atoms with Crippen LogP contribution in [0.1, 0.15) is 50.5 Å². The van der Waals surface area contributed by atoms with Crippen LogP contribution in [0.25, 0.3) is 0 Å². The number of thiazole rings is 1. The van der Waals surface area contributed by atoms with Crippen molar-refractivity contribution in [3.63, 3.8) is 0 Å². The first-order chi connectivity index (χ1) is 39.2. The number of ether oxygens (including phenoxy) is 2. The number of nitrogens with one attached hydrogen (secondary N) is 2. The molecule has 0 saturated carbocycles. The third-order valence-corrected chi connectivity index (χ3v) is 15.9. The van der Waals surface area contributed by atoms with E-state index in [0.717, 1.165) is 38.9 Å². The number of allylic oxidation sites excluding steroid dienone is 2. The highest BCUT2D eigenvalue weighted by Gasteiger charge is 2.55. The molecule has 2 aliphatic rings. The molecule has 9 aromatic rings. The van der Waals surface area contributed by atoms with Gasteiger partial charge in [-0.2, -0.15) is 4.80 Å². The Balaban J connectivity index is 0.973. The van der Waals surface area contributed by atoms with E-state index in [2.05, 4.69) is 62.4 Å². The van der Waals surface area contributed by atoms with E-state index < -0.39 is 40.3 Å². The van der Waals surface area contributed by atoms with Gasteiger partial charge in [0.15, 0.2) is 16.7 Å². The van der Waals surface area contributed by atoms with E-state index >= 15 is 4.79 Å². The van der Waals surface area contributed by atoms with Crippen molar-refractivity contribution in [2.75, 3.05) is 18.2 Å². The standard InChI is InChI=1S/C63H53N9O6S2/c1-43-67-70-71(68-43)39-21-22-45-41-79-59-55(58(74)72(59)56(45)60(75)77-40-44-35-37-52(76-2)38-36-44)65-57(73)54(69-78-63(49-29-15-6-16-30-49,50-31-17-7-18-32-50)51-33-19-8-20-34-51)53-42-80-61(64-53)66-62(46-23-9-3-10-24-46,47-25-11-4-12-26-47)48-27-13-5-14-28-48/h3-38,42,55,59H,39-41H2,1-2H3,(H,64,66)(H,65,73)/b22-21-,69-54?/t55?,59-/m1/s1. The van der Waals surface area contributed by atoms with E-state index in [4.69, 9.17) is 24.5 Å². The number of oxime groups is 1. The number of β-lactam (4-membered cyclic amide) rings is 1. The normalized spacial score (nSPS) is 15.4. The van der Waals surface area contributed by atoms with Crippen LogP contribution < -0.4 is 15.4 Å². The highest BCUT2D eigenvalue weighted by molar-refractivity contribution is 8.00. The number of carbonyl (C=O) groups excluding carboxylic acids is 3. The van der Waals surface area contributed by atoms with Gasteiger partial charge in [-0.05, 0) is 52.1 Å². The van der Waals surface area contributed by atoms with Crippen LogP contribution in [0.5, 0.6) is 5.75 Å². The zero-order valence-corrected chi connectivity index (χ0v) is 45.2. The number of amides is 2. The van der Waals surface area contributed by atoms with Crippen molar-refractivity contribution in [2.45, 2.75) is 42.6 Å². The Morgan fingerprint density at radius 3 is 1.75 bits per heavy atom. The van der Waals surface area contributed by atoms with E-state index in [1.807, 2.05) is 146 Å². The van der Waals surface area contributed by atoms with Gasteiger partial charge >= 0.3 is 5.97 Å². The van der Waals surface area contributed by atoms with Crippen molar-refractivity contribution in [2.24, 2.45) is 5.16 Å². The Kier molecular flexibility index (Phi) is 15.6. The monoisotopic (exact) mass is 1100 g/mol. The molecular formula is C63H53N9O6S2. The highest BCUT2D eigenvalue weighted by Crippen LogP contribution is 2.44. The second kappa shape index (κ2) is 23.7. The SMILES string of the molecule is COc1ccc(COC(=O)C2=C(/C=C\Cn3nnc(C)n3)CS[C@@H]3C(NC(=O)C(=NOC(c4ccccc4)(c4ccccc4)c4ccccc4)c4csc(NC(c5ccccc5)(c5ccccc5)c5ccccc5)n4)C(=O)N23)cc1. The number of hydrogen-bond acceptors (Lipinski definition) is 14. The summed E-state index contributed by atoms with van der Waals surface area (Å²) in [5, 5.41) is 25.5. The fourth-order valence-corrected chi connectivity index (χ4v) is 12.0. The molecule has 4 heterocycles. The number of benzene rings is 7. The minimum absolute atomic E-state index is 0.0601. The molecule has 0 radical (unpaired) electrons. The van der Waals surface area contributed by atoms with Crippen molar-refractivity contribution >= 4 is 51.7 Å². The summed E-state index contributed by atoms with van der Waals surface area (Å²) in [4.78, 5) is 59.4. The topological polar surface area (TPSA) is 175 Å². The average Bonchev–Trinajstić information content (AvgIpc) is 4.25. The van der Waals surface area contributed by atoms with Crippen LogP contribution in [0.3, 0.4) is 0 Å². The molecule has 15 nitrogen and oxygen atoms in total. The maximum absolute atomic E-state index is 15.4. The number of anilines is 1. The maximum atomic E-state index is 15.4. The minimum Gasteiger partial charge on any atom is -0.497 e. The Morgan fingerprint density at radius 2 is 1.25 bits per heavy atom.